The summed E-state index contributed by atoms with van der Waals surface area (Å²) in [6.45, 7) is 5.53. The van der Waals surface area contributed by atoms with E-state index >= 15 is 0 Å². The lowest BCUT2D eigenvalue weighted by atomic mass is 9.89. The van der Waals surface area contributed by atoms with Gasteiger partial charge in [-0.05, 0) is 24.5 Å². The molecule has 18 heavy (non-hydrogen) atoms. The van der Waals surface area contributed by atoms with Crippen LogP contribution in [-0.4, -0.2) is 22.6 Å². The first-order valence-corrected chi connectivity index (χ1v) is 5.88. The molecule has 2 N–H and O–H groups in total. The fourth-order valence-corrected chi connectivity index (χ4v) is 1.15. The molecule has 0 unspecified atom stereocenters. The van der Waals surface area contributed by atoms with Gasteiger partial charge in [0.05, 0.1) is 0 Å². The van der Waals surface area contributed by atoms with Gasteiger partial charge in [-0.2, -0.15) is 0 Å². The topological polar surface area (TPSA) is 62.2 Å². The van der Waals surface area contributed by atoms with Crippen LogP contribution in [-0.2, 0) is 4.79 Å². The summed E-state index contributed by atoms with van der Waals surface area (Å²) in [5.41, 5.74) is 0.102. The molecule has 0 fully saturated rings. The molecule has 4 heteroatoms. The van der Waals surface area contributed by atoms with Crippen molar-refractivity contribution in [1.29, 1.82) is 0 Å². The predicted molar refractivity (Wildman–Crippen MR) is 70.9 cm³/mol. The molecule has 0 atom stereocenters. The highest BCUT2D eigenvalue weighted by atomic mass is 16.2. The summed E-state index contributed by atoms with van der Waals surface area (Å²) in [6, 6.07) is 5.21. The molecule has 1 aromatic heterocycles. The van der Waals surface area contributed by atoms with Crippen molar-refractivity contribution in [3.63, 3.8) is 0 Å². The Balaban J connectivity index is 2.83. The Morgan fingerprint density at radius 1 is 1.50 bits per heavy atom. The van der Waals surface area contributed by atoms with Crippen molar-refractivity contribution in [2.75, 3.05) is 11.9 Å². The highest BCUT2D eigenvalue weighted by molar-refractivity contribution is 5.93. The fourth-order valence-electron chi connectivity index (χ4n) is 1.15. The number of hydrogen-bond acceptors (Lipinski definition) is 3. The molecule has 0 saturated heterocycles. The number of rotatable bonds is 3. The second kappa shape index (κ2) is 6.18. The van der Waals surface area contributed by atoms with Gasteiger partial charge < -0.3 is 10.4 Å². The van der Waals surface area contributed by atoms with Crippen molar-refractivity contribution in [2.45, 2.75) is 27.2 Å². The van der Waals surface area contributed by atoms with Crippen LogP contribution < -0.4 is 5.32 Å². The molecular formula is C14H18N2O2. The summed E-state index contributed by atoms with van der Waals surface area (Å²) in [5.74, 6) is 5.63. The van der Waals surface area contributed by atoms with Gasteiger partial charge in [-0.15, -0.1) is 0 Å². The van der Waals surface area contributed by atoms with Gasteiger partial charge in [0.2, 0.25) is 5.91 Å². The third-order valence-corrected chi connectivity index (χ3v) is 2.78. The van der Waals surface area contributed by atoms with Gasteiger partial charge in [-0.3, -0.25) is 4.79 Å². The van der Waals surface area contributed by atoms with Crippen LogP contribution in [0.1, 0.15) is 32.9 Å². The van der Waals surface area contributed by atoms with Crippen LogP contribution in [0.5, 0.6) is 0 Å². The average Bonchev–Trinajstić information content (AvgIpc) is 2.36. The van der Waals surface area contributed by atoms with Crippen LogP contribution in [0.4, 0.5) is 5.82 Å². The number of nitrogens with zero attached hydrogens (tertiary/aromatic N) is 1. The highest BCUT2D eigenvalue weighted by Crippen LogP contribution is 2.21. The molecule has 0 saturated carbocycles. The third-order valence-electron chi connectivity index (χ3n) is 2.78. The number of hydrogen-bond donors (Lipinski definition) is 2. The van der Waals surface area contributed by atoms with Crippen LogP contribution >= 0.6 is 0 Å². The standard InChI is InChI=1S/C14H18N2O2/c1-4-14(2,3)13(18)16-12-9-5-7-11(15-12)8-6-10-17/h5,7,9,17H,4,10H2,1-3H3,(H,15,16,18). The molecule has 1 amide bonds. The minimum Gasteiger partial charge on any atom is -0.384 e. The molecule has 0 aliphatic rings. The van der Waals surface area contributed by atoms with E-state index in [2.05, 4.69) is 22.1 Å². The Kier molecular flexibility index (Phi) is 4.87. The normalized spacial score (nSPS) is 10.4. The molecule has 1 heterocycles. The lowest BCUT2D eigenvalue weighted by Gasteiger charge is -2.21. The van der Waals surface area contributed by atoms with Crippen molar-refractivity contribution >= 4 is 11.7 Å². The maximum absolute atomic E-state index is 12.0. The van der Waals surface area contributed by atoms with E-state index in [4.69, 9.17) is 5.11 Å². The number of pyridine rings is 1. The summed E-state index contributed by atoms with van der Waals surface area (Å²) in [4.78, 5) is 16.1. The van der Waals surface area contributed by atoms with E-state index in [-0.39, 0.29) is 12.5 Å². The zero-order valence-electron chi connectivity index (χ0n) is 10.9. The van der Waals surface area contributed by atoms with Gasteiger partial charge in [0.1, 0.15) is 18.1 Å². The molecule has 0 aromatic carbocycles. The van der Waals surface area contributed by atoms with Crippen LogP contribution in [0.3, 0.4) is 0 Å². The molecule has 0 bridgehead atoms. The van der Waals surface area contributed by atoms with Crippen LogP contribution in [0, 0.1) is 17.3 Å². The van der Waals surface area contributed by atoms with Gasteiger partial charge in [-0.1, -0.05) is 32.8 Å². The summed E-state index contributed by atoms with van der Waals surface area (Å²) < 4.78 is 0. The molecule has 1 rings (SSSR count). The number of aliphatic hydroxyl groups excluding tert-OH is 1. The molecule has 0 spiro atoms. The maximum atomic E-state index is 12.0. The van der Waals surface area contributed by atoms with Crippen LogP contribution in [0.15, 0.2) is 18.2 Å². The van der Waals surface area contributed by atoms with E-state index in [1.807, 2.05) is 20.8 Å². The summed E-state index contributed by atoms with van der Waals surface area (Å²) in [7, 11) is 0. The largest absolute Gasteiger partial charge is 0.384 e. The lowest BCUT2D eigenvalue weighted by molar-refractivity contribution is -0.124. The molecule has 0 aliphatic carbocycles. The van der Waals surface area contributed by atoms with Gasteiger partial charge in [0.25, 0.3) is 0 Å². The summed E-state index contributed by atoms with van der Waals surface area (Å²) in [5, 5.41) is 11.4. The second-order valence-electron chi connectivity index (χ2n) is 4.56. The van der Waals surface area contributed by atoms with E-state index in [0.717, 1.165) is 6.42 Å². The number of amides is 1. The van der Waals surface area contributed by atoms with Gasteiger partial charge in [-0.25, -0.2) is 4.98 Å². The highest BCUT2D eigenvalue weighted by Gasteiger charge is 2.25. The smallest absolute Gasteiger partial charge is 0.231 e. The van der Waals surface area contributed by atoms with Gasteiger partial charge >= 0.3 is 0 Å². The predicted octanol–water partition coefficient (Wildman–Crippen LogP) is 1.80. The first kappa shape index (κ1) is 14.2. The van der Waals surface area contributed by atoms with Gasteiger partial charge in [0, 0.05) is 5.41 Å². The number of aliphatic hydroxyl groups is 1. The lowest BCUT2D eigenvalue weighted by Crippen LogP contribution is -2.30. The fraction of sp³-hybridized carbons (Fsp3) is 0.429. The Bertz CT molecular complexity index is 484. The Morgan fingerprint density at radius 2 is 2.22 bits per heavy atom. The summed E-state index contributed by atoms with van der Waals surface area (Å²) >= 11 is 0. The van der Waals surface area contributed by atoms with Crippen molar-refractivity contribution in [1.82, 2.24) is 4.98 Å². The Hall–Kier alpha value is -1.86. The summed E-state index contributed by atoms with van der Waals surface area (Å²) in [6.07, 6.45) is 0.753. The number of aromatic nitrogens is 1. The second-order valence-corrected chi connectivity index (χ2v) is 4.56. The van der Waals surface area contributed by atoms with Gasteiger partial charge in [0.15, 0.2) is 0 Å². The number of carbonyl (C=O) groups is 1. The minimum absolute atomic E-state index is 0.0650. The number of anilines is 1. The van der Waals surface area contributed by atoms with E-state index in [1.165, 1.54) is 0 Å². The van der Waals surface area contributed by atoms with Crippen molar-refractivity contribution < 1.29 is 9.90 Å². The maximum Gasteiger partial charge on any atom is 0.231 e. The SMILES string of the molecule is CCC(C)(C)C(=O)Nc1cccc(C#CCO)n1. The molecular weight excluding hydrogens is 228 g/mol. The monoisotopic (exact) mass is 246 g/mol. The molecule has 0 aliphatic heterocycles. The van der Waals surface area contributed by atoms with E-state index < -0.39 is 5.41 Å². The average molecular weight is 246 g/mol. The first-order chi connectivity index (χ1) is 8.49. The number of nitrogens with one attached hydrogen (secondary N) is 1. The van der Waals surface area contributed by atoms with Crippen molar-refractivity contribution in [2.24, 2.45) is 5.41 Å². The minimum atomic E-state index is -0.422. The van der Waals surface area contributed by atoms with Crippen LogP contribution in [0.2, 0.25) is 0 Å². The molecule has 0 radical (unpaired) electrons. The van der Waals surface area contributed by atoms with E-state index in [9.17, 15) is 4.79 Å². The van der Waals surface area contributed by atoms with E-state index in [0.29, 0.717) is 11.5 Å². The van der Waals surface area contributed by atoms with Crippen LogP contribution in [0.25, 0.3) is 0 Å². The Morgan fingerprint density at radius 3 is 2.83 bits per heavy atom. The molecule has 4 nitrogen and oxygen atoms in total. The number of carbonyl (C=O) groups excluding carboxylic acids is 1. The molecule has 96 valence electrons. The first-order valence-electron chi connectivity index (χ1n) is 5.88. The quantitative estimate of drug-likeness (QED) is 0.799. The van der Waals surface area contributed by atoms with Crippen molar-refractivity contribution in [3.05, 3.63) is 23.9 Å². The van der Waals surface area contributed by atoms with Crippen molar-refractivity contribution in [3.8, 4) is 11.8 Å². The molecule has 1 aromatic rings. The van der Waals surface area contributed by atoms with E-state index in [1.54, 1.807) is 18.2 Å². The third kappa shape index (κ3) is 3.86. The zero-order valence-corrected chi connectivity index (χ0v) is 10.9. The zero-order chi connectivity index (χ0) is 13.6. The Labute approximate surface area is 107 Å².